The van der Waals surface area contributed by atoms with Crippen molar-refractivity contribution >= 4 is 5.97 Å². The maximum absolute atomic E-state index is 12.0. The van der Waals surface area contributed by atoms with E-state index in [1.54, 1.807) is 6.92 Å². The Bertz CT molecular complexity index is 415. The molecule has 3 heteroatoms. The van der Waals surface area contributed by atoms with Crippen molar-refractivity contribution < 1.29 is 14.3 Å². The number of esters is 1. The van der Waals surface area contributed by atoms with Gasteiger partial charge in [-0.25, -0.2) is 4.79 Å². The summed E-state index contributed by atoms with van der Waals surface area (Å²) in [7, 11) is 0. The molecule has 0 radical (unpaired) electrons. The molecule has 0 saturated carbocycles. The summed E-state index contributed by atoms with van der Waals surface area (Å²) in [5.74, 6) is -0.238. The fraction of sp³-hybridized carbons (Fsp3) is 0.562. The first-order valence-corrected chi connectivity index (χ1v) is 7.08. The highest BCUT2D eigenvalue weighted by molar-refractivity contribution is 5.83. The second-order valence-corrected chi connectivity index (χ2v) is 5.21. The van der Waals surface area contributed by atoms with E-state index in [-0.39, 0.29) is 12.1 Å². The molecule has 0 unspecified atom stereocenters. The van der Waals surface area contributed by atoms with Crippen molar-refractivity contribution in [3.63, 3.8) is 0 Å². The molecule has 1 aromatic rings. The van der Waals surface area contributed by atoms with Crippen molar-refractivity contribution in [1.82, 2.24) is 0 Å². The van der Waals surface area contributed by atoms with Gasteiger partial charge < -0.3 is 9.47 Å². The Morgan fingerprint density at radius 1 is 1.26 bits per heavy atom. The van der Waals surface area contributed by atoms with Crippen LogP contribution in [0.1, 0.15) is 51.2 Å². The number of rotatable bonds is 7. The van der Waals surface area contributed by atoms with Gasteiger partial charge in [0.2, 0.25) is 0 Å². The third-order valence-electron chi connectivity index (χ3n) is 3.54. The summed E-state index contributed by atoms with van der Waals surface area (Å²) >= 11 is 0. The molecule has 0 N–H and O–H groups in total. The Hall–Kier alpha value is -1.35. The highest BCUT2D eigenvalue weighted by atomic mass is 16.7. The number of carbonyl (C=O) groups excluding carboxylic acids is 1. The van der Waals surface area contributed by atoms with Gasteiger partial charge in [-0.15, -0.1) is 0 Å². The van der Waals surface area contributed by atoms with Crippen LogP contribution in [0.2, 0.25) is 0 Å². The minimum Gasteiger partial charge on any atom is -0.463 e. The zero-order valence-corrected chi connectivity index (χ0v) is 11.7. The highest BCUT2D eigenvalue weighted by Crippen LogP contribution is 2.50. The molecule has 2 rings (SSSR count). The monoisotopic (exact) mass is 262 g/mol. The van der Waals surface area contributed by atoms with E-state index >= 15 is 0 Å². The third kappa shape index (κ3) is 3.35. The molecular weight excluding hydrogens is 240 g/mol. The molecule has 1 aromatic carbocycles. The molecule has 0 aromatic heterocycles. The van der Waals surface area contributed by atoms with Gasteiger partial charge in [0.15, 0.2) is 5.60 Å². The SMILES string of the molecule is CCCCCCOC(=O)[C@@]1(C)O[C@H]1c1ccccc1. The normalized spacial score (nSPS) is 25.1. The van der Waals surface area contributed by atoms with E-state index in [2.05, 4.69) is 6.92 Å². The average molecular weight is 262 g/mol. The van der Waals surface area contributed by atoms with Crippen LogP contribution in [-0.2, 0) is 14.3 Å². The van der Waals surface area contributed by atoms with E-state index in [1.165, 1.54) is 12.8 Å². The number of ether oxygens (including phenoxy) is 2. The minimum atomic E-state index is -0.786. The molecule has 19 heavy (non-hydrogen) atoms. The Kier molecular flexibility index (Phi) is 4.59. The maximum Gasteiger partial charge on any atom is 0.341 e. The van der Waals surface area contributed by atoms with Gasteiger partial charge in [-0.05, 0) is 18.9 Å². The zero-order chi connectivity index (χ0) is 13.7. The zero-order valence-electron chi connectivity index (χ0n) is 11.7. The summed E-state index contributed by atoms with van der Waals surface area (Å²) in [5.41, 5.74) is 0.250. The first kappa shape index (κ1) is 14.1. The smallest absolute Gasteiger partial charge is 0.341 e. The van der Waals surface area contributed by atoms with Gasteiger partial charge in [-0.1, -0.05) is 56.5 Å². The molecule has 0 amide bonds. The van der Waals surface area contributed by atoms with E-state index in [1.807, 2.05) is 30.3 Å². The fourth-order valence-electron chi connectivity index (χ4n) is 2.22. The van der Waals surface area contributed by atoms with Gasteiger partial charge in [-0.2, -0.15) is 0 Å². The molecule has 1 aliphatic heterocycles. The van der Waals surface area contributed by atoms with Crippen LogP contribution >= 0.6 is 0 Å². The molecule has 2 atom stereocenters. The third-order valence-corrected chi connectivity index (χ3v) is 3.54. The maximum atomic E-state index is 12.0. The molecule has 3 nitrogen and oxygen atoms in total. The minimum absolute atomic E-state index is 0.156. The van der Waals surface area contributed by atoms with Crippen molar-refractivity contribution in [2.45, 2.75) is 51.2 Å². The Labute approximate surface area is 114 Å². The number of carbonyl (C=O) groups is 1. The van der Waals surface area contributed by atoms with Crippen molar-refractivity contribution in [3.8, 4) is 0 Å². The lowest BCUT2D eigenvalue weighted by atomic mass is 10.0. The van der Waals surface area contributed by atoms with Crippen LogP contribution in [0.5, 0.6) is 0 Å². The van der Waals surface area contributed by atoms with Crippen molar-refractivity contribution in [2.24, 2.45) is 0 Å². The van der Waals surface area contributed by atoms with Gasteiger partial charge >= 0.3 is 5.97 Å². The van der Waals surface area contributed by atoms with Crippen LogP contribution in [0, 0.1) is 0 Å². The quantitative estimate of drug-likeness (QED) is 0.428. The summed E-state index contributed by atoms with van der Waals surface area (Å²) < 4.78 is 10.9. The first-order valence-electron chi connectivity index (χ1n) is 7.08. The summed E-state index contributed by atoms with van der Waals surface area (Å²) in [5, 5.41) is 0. The van der Waals surface area contributed by atoms with Gasteiger partial charge in [0.25, 0.3) is 0 Å². The van der Waals surface area contributed by atoms with Gasteiger partial charge in [0.1, 0.15) is 6.10 Å². The molecule has 104 valence electrons. The standard InChI is InChI=1S/C16H22O3/c1-3-4-5-9-12-18-15(17)16(2)14(19-16)13-10-7-6-8-11-13/h6-8,10-11,14H,3-5,9,12H2,1-2H3/t14-,16-/m0/s1. The molecule has 1 heterocycles. The average Bonchev–Trinajstić information content (AvgIpc) is 3.13. The van der Waals surface area contributed by atoms with Crippen LogP contribution in [0.25, 0.3) is 0 Å². The predicted octanol–water partition coefficient (Wildman–Crippen LogP) is 3.64. The number of hydrogen-bond donors (Lipinski definition) is 0. The topological polar surface area (TPSA) is 38.8 Å². The van der Waals surface area contributed by atoms with Crippen LogP contribution in [-0.4, -0.2) is 18.2 Å². The van der Waals surface area contributed by atoms with Crippen molar-refractivity contribution in [1.29, 1.82) is 0 Å². The lowest BCUT2D eigenvalue weighted by Gasteiger charge is -2.08. The second kappa shape index (κ2) is 6.20. The summed E-state index contributed by atoms with van der Waals surface area (Å²) in [6, 6.07) is 9.81. The predicted molar refractivity (Wildman–Crippen MR) is 73.8 cm³/mol. The van der Waals surface area contributed by atoms with E-state index < -0.39 is 5.60 Å². The lowest BCUT2D eigenvalue weighted by Crippen LogP contribution is -2.24. The van der Waals surface area contributed by atoms with Gasteiger partial charge in [0, 0.05) is 0 Å². The molecule has 0 bridgehead atoms. The molecule has 1 saturated heterocycles. The summed E-state index contributed by atoms with van der Waals surface area (Å²) in [4.78, 5) is 12.0. The van der Waals surface area contributed by atoms with E-state index in [0.29, 0.717) is 6.61 Å². The van der Waals surface area contributed by atoms with Crippen molar-refractivity contribution in [2.75, 3.05) is 6.61 Å². The first-order chi connectivity index (χ1) is 9.18. The van der Waals surface area contributed by atoms with Crippen LogP contribution in [0.4, 0.5) is 0 Å². The molecule has 0 spiro atoms. The fourth-order valence-corrected chi connectivity index (χ4v) is 2.22. The van der Waals surface area contributed by atoms with Crippen LogP contribution < -0.4 is 0 Å². The lowest BCUT2D eigenvalue weighted by molar-refractivity contribution is -0.149. The van der Waals surface area contributed by atoms with E-state index in [4.69, 9.17) is 9.47 Å². The van der Waals surface area contributed by atoms with Crippen molar-refractivity contribution in [3.05, 3.63) is 35.9 Å². The molecule has 0 aliphatic carbocycles. The number of unbranched alkanes of at least 4 members (excludes halogenated alkanes) is 3. The summed E-state index contributed by atoms with van der Waals surface area (Å²) in [6.07, 6.45) is 4.27. The molecular formula is C16H22O3. The Morgan fingerprint density at radius 2 is 2.00 bits per heavy atom. The number of hydrogen-bond acceptors (Lipinski definition) is 3. The largest absolute Gasteiger partial charge is 0.463 e. The van der Waals surface area contributed by atoms with Crippen LogP contribution in [0.3, 0.4) is 0 Å². The molecule has 1 aliphatic rings. The number of benzene rings is 1. The molecule has 1 fully saturated rings. The highest BCUT2D eigenvalue weighted by Gasteiger charge is 2.60. The van der Waals surface area contributed by atoms with Gasteiger partial charge in [-0.3, -0.25) is 0 Å². The Morgan fingerprint density at radius 3 is 2.68 bits per heavy atom. The summed E-state index contributed by atoms with van der Waals surface area (Å²) in [6.45, 7) is 4.47. The Balaban J connectivity index is 1.78. The van der Waals surface area contributed by atoms with Crippen LogP contribution in [0.15, 0.2) is 30.3 Å². The number of epoxide rings is 1. The van der Waals surface area contributed by atoms with Gasteiger partial charge in [0.05, 0.1) is 6.61 Å². The second-order valence-electron chi connectivity index (χ2n) is 5.21. The van der Waals surface area contributed by atoms with E-state index in [9.17, 15) is 4.79 Å². The van der Waals surface area contributed by atoms with E-state index in [0.717, 1.165) is 18.4 Å².